The molecule has 1 amide bonds. The summed E-state index contributed by atoms with van der Waals surface area (Å²) in [6, 6.07) is 14.3. The van der Waals surface area contributed by atoms with Gasteiger partial charge in [-0.25, -0.2) is 0 Å². The van der Waals surface area contributed by atoms with Crippen LogP contribution in [0, 0.1) is 5.92 Å². The molecule has 0 heterocycles. The largest absolute Gasteiger partial charge is 0.491 e. The molecule has 2 atom stereocenters. The van der Waals surface area contributed by atoms with Crippen molar-refractivity contribution < 1.29 is 19.7 Å². The Morgan fingerprint density at radius 2 is 2.04 bits per heavy atom. The number of ether oxygens (including phenoxy) is 1. The number of para-hydroxylation sites is 2. The predicted octanol–water partition coefficient (Wildman–Crippen LogP) is 3.28. The SMILES string of the molecule is C[C@@H](CC/C=C/C(=O)Nc1ccccc1N)[C@@H](O)c1cccc(OCCO)c1. The lowest BCUT2D eigenvalue weighted by atomic mass is 9.93. The monoisotopic (exact) mass is 384 g/mol. The van der Waals surface area contributed by atoms with Gasteiger partial charge in [0.25, 0.3) is 0 Å². The molecule has 0 aliphatic heterocycles. The van der Waals surface area contributed by atoms with Crippen LogP contribution in [-0.4, -0.2) is 29.3 Å². The van der Waals surface area contributed by atoms with Gasteiger partial charge in [0.15, 0.2) is 0 Å². The second kappa shape index (κ2) is 11.1. The number of nitrogen functional groups attached to an aromatic ring is 1. The van der Waals surface area contributed by atoms with Crippen molar-refractivity contribution in [1.29, 1.82) is 0 Å². The molecule has 0 aliphatic rings. The summed E-state index contributed by atoms with van der Waals surface area (Å²) in [5, 5.41) is 22.1. The second-order valence-electron chi connectivity index (χ2n) is 6.62. The van der Waals surface area contributed by atoms with Crippen molar-refractivity contribution in [3.8, 4) is 5.75 Å². The maximum Gasteiger partial charge on any atom is 0.248 e. The van der Waals surface area contributed by atoms with E-state index in [-0.39, 0.29) is 25.0 Å². The molecular formula is C22H28N2O4. The van der Waals surface area contributed by atoms with Crippen LogP contribution in [0.2, 0.25) is 0 Å². The number of amides is 1. The van der Waals surface area contributed by atoms with Gasteiger partial charge in [-0.1, -0.05) is 37.3 Å². The van der Waals surface area contributed by atoms with Gasteiger partial charge in [0.1, 0.15) is 12.4 Å². The van der Waals surface area contributed by atoms with Gasteiger partial charge in [0.05, 0.1) is 24.1 Å². The number of hydrogen-bond donors (Lipinski definition) is 4. The van der Waals surface area contributed by atoms with Crippen molar-refractivity contribution in [2.24, 2.45) is 5.92 Å². The summed E-state index contributed by atoms with van der Waals surface area (Å²) in [4.78, 5) is 12.0. The van der Waals surface area contributed by atoms with Crippen LogP contribution in [0.4, 0.5) is 11.4 Å². The standard InChI is InChI=1S/C22H28N2O4/c1-16(22(27)17-8-6-9-18(15-17)28-14-13-25)7-2-5-12-21(26)24-20-11-4-3-10-19(20)23/h3-6,8-12,15-16,22,25,27H,2,7,13-14,23H2,1H3,(H,24,26)/b12-5+/t16-,22+/m0/s1. The van der Waals surface area contributed by atoms with Crippen LogP contribution in [0.3, 0.4) is 0 Å². The molecule has 0 radical (unpaired) electrons. The highest BCUT2D eigenvalue weighted by molar-refractivity contribution is 6.01. The third-order valence-electron chi connectivity index (χ3n) is 4.38. The van der Waals surface area contributed by atoms with E-state index in [1.807, 2.05) is 31.2 Å². The van der Waals surface area contributed by atoms with Gasteiger partial charge >= 0.3 is 0 Å². The maximum absolute atomic E-state index is 12.0. The molecule has 150 valence electrons. The molecule has 0 spiro atoms. The number of aliphatic hydroxyl groups excluding tert-OH is 2. The van der Waals surface area contributed by atoms with Crippen molar-refractivity contribution in [2.45, 2.75) is 25.9 Å². The molecule has 2 aromatic carbocycles. The van der Waals surface area contributed by atoms with Gasteiger partial charge in [0.2, 0.25) is 5.91 Å². The number of rotatable bonds is 10. The minimum atomic E-state index is -0.635. The molecule has 6 heteroatoms. The van der Waals surface area contributed by atoms with Crippen LogP contribution in [0.25, 0.3) is 0 Å². The Kier molecular flexibility index (Phi) is 8.52. The Hall–Kier alpha value is -2.83. The Labute approximate surface area is 165 Å². The molecule has 0 aliphatic carbocycles. The van der Waals surface area contributed by atoms with Gasteiger partial charge in [-0.3, -0.25) is 4.79 Å². The molecule has 2 aromatic rings. The first kappa shape index (κ1) is 21.5. The van der Waals surface area contributed by atoms with E-state index < -0.39 is 6.10 Å². The zero-order chi connectivity index (χ0) is 20.4. The van der Waals surface area contributed by atoms with E-state index in [1.54, 1.807) is 30.3 Å². The van der Waals surface area contributed by atoms with E-state index in [2.05, 4.69) is 5.32 Å². The minimum Gasteiger partial charge on any atom is -0.491 e. The normalized spacial score (nSPS) is 13.2. The van der Waals surface area contributed by atoms with Gasteiger partial charge < -0.3 is 26.0 Å². The Bertz CT molecular complexity index is 792. The van der Waals surface area contributed by atoms with Gasteiger partial charge in [0, 0.05) is 0 Å². The number of benzene rings is 2. The molecule has 0 saturated heterocycles. The molecule has 0 unspecified atom stereocenters. The smallest absolute Gasteiger partial charge is 0.248 e. The number of hydrogen-bond acceptors (Lipinski definition) is 5. The molecule has 6 nitrogen and oxygen atoms in total. The van der Waals surface area contributed by atoms with Crippen molar-refractivity contribution >= 4 is 17.3 Å². The number of carbonyl (C=O) groups is 1. The minimum absolute atomic E-state index is 0.00516. The van der Waals surface area contributed by atoms with Crippen LogP contribution in [0.15, 0.2) is 60.7 Å². The molecule has 0 aromatic heterocycles. The van der Waals surface area contributed by atoms with Crippen LogP contribution in [0.1, 0.15) is 31.4 Å². The van der Waals surface area contributed by atoms with E-state index in [1.165, 1.54) is 6.08 Å². The van der Waals surface area contributed by atoms with Crippen molar-refractivity contribution in [2.75, 3.05) is 24.3 Å². The molecule has 5 N–H and O–H groups in total. The van der Waals surface area contributed by atoms with Gasteiger partial charge in [-0.05, 0) is 54.7 Å². The molecule has 0 fully saturated rings. The number of nitrogens with two attached hydrogens (primary N) is 1. The number of carbonyl (C=O) groups excluding carboxylic acids is 1. The van der Waals surface area contributed by atoms with E-state index in [9.17, 15) is 9.90 Å². The fourth-order valence-electron chi connectivity index (χ4n) is 2.77. The van der Waals surface area contributed by atoms with Crippen molar-refractivity contribution in [3.63, 3.8) is 0 Å². The summed E-state index contributed by atoms with van der Waals surface area (Å²) in [5.74, 6) is 0.389. The Balaban J connectivity index is 1.81. The average Bonchev–Trinajstić information content (AvgIpc) is 2.71. The lowest BCUT2D eigenvalue weighted by Crippen LogP contribution is -2.10. The second-order valence-corrected chi connectivity index (χ2v) is 6.62. The van der Waals surface area contributed by atoms with Gasteiger partial charge in [-0.15, -0.1) is 0 Å². The fourth-order valence-corrected chi connectivity index (χ4v) is 2.77. The third kappa shape index (κ3) is 6.72. The summed E-state index contributed by atoms with van der Waals surface area (Å²) in [6.45, 7) is 2.13. The Morgan fingerprint density at radius 1 is 1.25 bits per heavy atom. The predicted molar refractivity (Wildman–Crippen MR) is 111 cm³/mol. The highest BCUT2D eigenvalue weighted by atomic mass is 16.5. The first-order valence-corrected chi connectivity index (χ1v) is 9.35. The third-order valence-corrected chi connectivity index (χ3v) is 4.38. The lowest BCUT2D eigenvalue weighted by Gasteiger charge is -2.19. The quantitative estimate of drug-likeness (QED) is 0.372. The maximum atomic E-state index is 12.0. The molecule has 28 heavy (non-hydrogen) atoms. The topological polar surface area (TPSA) is 105 Å². The van der Waals surface area contributed by atoms with Crippen molar-refractivity contribution in [1.82, 2.24) is 0 Å². The summed E-state index contributed by atoms with van der Waals surface area (Å²) >= 11 is 0. The summed E-state index contributed by atoms with van der Waals surface area (Å²) < 4.78 is 5.38. The van der Waals surface area contributed by atoms with E-state index in [4.69, 9.17) is 15.6 Å². The Morgan fingerprint density at radius 3 is 2.79 bits per heavy atom. The van der Waals surface area contributed by atoms with Crippen LogP contribution < -0.4 is 15.8 Å². The first-order valence-electron chi connectivity index (χ1n) is 9.35. The number of allylic oxidation sites excluding steroid dienone is 1. The molecule has 2 rings (SSSR count). The highest BCUT2D eigenvalue weighted by Crippen LogP contribution is 2.28. The molecule has 0 saturated carbocycles. The van der Waals surface area contributed by atoms with Crippen LogP contribution in [0.5, 0.6) is 5.75 Å². The summed E-state index contributed by atoms with van der Waals surface area (Å²) in [6.07, 6.45) is 4.02. The first-order chi connectivity index (χ1) is 13.5. The number of anilines is 2. The van der Waals surface area contributed by atoms with Gasteiger partial charge in [-0.2, -0.15) is 0 Å². The van der Waals surface area contributed by atoms with E-state index in [0.717, 1.165) is 12.0 Å². The summed E-state index contributed by atoms with van der Waals surface area (Å²) in [5.41, 5.74) is 7.68. The van der Waals surface area contributed by atoms with E-state index in [0.29, 0.717) is 23.5 Å². The average molecular weight is 384 g/mol. The molecular weight excluding hydrogens is 356 g/mol. The van der Waals surface area contributed by atoms with Crippen LogP contribution >= 0.6 is 0 Å². The highest BCUT2D eigenvalue weighted by Gasteiger charge is 2.16. The number of aliphatic hydroxyl groups is 2. The molecule has 0 bridgehead atoms. The zero-order valence-electron chi connectivity index (χ0n) is 16.0. The van der Waals surface area contributed by atoms with Crippen molar-refractivity contribution in [3.05, 3.63) is 66.2 Å². The number of nitrogens with one attached hydrogen (secondary N) is 1. The zero-order valence-corrected chi connectivity index (χ0v) is 16.0. The fraction of sp³-hybridized carbons (Fsp3) is 0.318. The van der Waals surface area contributed by atoms with Crippen LogP contribution in [-0.2, 0) is 4.79 Å². The summed E-state index contributed by atoms with van der Waals surface area (Å²) in [7, 11) is 0. The van der Waals surface area contributed by atoms with E-state index >= 15 is 0 Å². The lowest BCUT2D eigenvalue weighted by molar-refractivity contribution is -0.111.